The molecule has 1 aromatic heterocycles. The van der Waals surface area contributed by atoms with E-state index in [9.17, 15) is 4.79 Å². The van der Waals surface area contributed by atoms with Crippen molar-refractivity contribution in [2.75, 3.05) is 11.1 Å². The third-order valence-corrected chi connectivity index (χ3v) is 3.32. The zero-order valence-corrected chi connectivity index (χ0v) is 12.9. The number of anilines is 2. The van der Waals surface area contributed by atoms with Gasteiger partial charge < -0.3 is 11.1 Å². The van der Waals surface area contributed by atoms with Crippen LogP contribution in [0.4, 0.5) is 11.5 Å². The number of benzene rings is 1. The second-order valence-electron chi connectivity index (χ2n) is 3.55. The first-order chi connectivity index (χ1) is 8.56. The van der Waals surface area contributed by atoms with Gasteiger partial charge in [0.2, 0.25) is 0 Å². The number of nitrogens with zero attached hydrogens (tertiary/aromatic N) is 1. The van der Waals surface area contributed by atoms with Gasteiger partial charge in [0.05, 0.1) is 5.56 Å². The van der Waals surface area contributed by atoms with Crippen LogP contribution in [0.2, 0.25) is 0 Å². The maximum absolute atomic E-state index is 12.0. The average Bonchev–Trinajstić information content (AvgIpc) is 2.32. The molecule has 0 aliphatic rings. The van der Waals surface area contributed by atoms with Crippen molar-refractivity contribution in [3.05, 3.63) is 50.1 Å². The lowest BCUT2D eigenvalue weighted by molar-refractivity contribution is 0.102. The highest BCUT2D eigenvalue weighted by molar-refractivity contribution is 14.1. The summed E-state index contributed by atoms with van der Waals surface area (Å²) in [6.07, 6.45) is 1.55. The van der Waals surface area contributed by atoms with Crippen LogP contribution in [0.3, 0.4) is 0 Å². The smallest absolute Gasteiger partial charge is 0.259 e. The largest absolute Gasteiger partial charge is 0.383 e. The Balaban J connectivity index is 2.24. The highest BCUT2D eigenvalue weighted by Gasteiger charge is 2.11. The molecule has 6 heteroatoms. The number of rotatable bonds is 2. The van der Waals surface area contributed by atoms with Crippen molar-refractivity contribution < 1.29 is 4.79 Å². The fourth-order valence-electron chi connectivity index (χ4n) is 1.40. The summed E-state index contributed by atoms with van der Waals surface area (Å²) in [5, 5.41) is 2.78. The minimum absolute atomic E-state index is 0.210. The van der Waals surface area contributed by atoms with Gasteiger partial charge in [-0.2, -0.15) is 0 Å². The van der Waals surface area contributed by atoms with E-state index in [1.165, 1.54) is 0 Å². The van der Waals surface area contributed by atoms with E-state index in [-0.39, 0.29) is 11.7 Å². The van der Waals surface area contributed by atoms with E-state index in [4.69, 9.17) is 5.73 Å². The van der Waals surface area contributed by atoms with Crippen molar-refractivity contribution in [2.45, 2.75) is 0 Å². The molecule has 1 heterocycles. The molecule has 1 amide bonds. The predicted molar refractivity (Wildman–Crippen MR) is 83.5 cm³/mol. The van der Waals surface area contributed by atoms with E-state index in [1.54, 1.807) is 12.3 Å². The predicted octanol–water partition coefficient (Wildman–Crippen LogP) is 3.28. The van der Waals surface area contributed by atoms with E-state index in [0.29, 0.717) is 10.0 Å². The Hall–Kier alpha value is -1.15. The Morgan fingerprint density at radius 2 is 2.17 bits per heavy atom. The van der Waals surface area contributed by atoms with Crippen LogP contribution in [0, 0.1) is 3.57 Å². The van der Waals surface area contributed by atoms with Crippen molar-refractivity contribution >= 4 is 55.9 Å². The molecule has 0 aliphatic carbocycles. The lowest BCUT2D eigenvalue weighted by Crippen LogP contribution is -2.14. The van der Waals surface area contributed by atoms with Crippen molar-refractivity contribution in [3.8, 4) is 0 Å². The maximum atomic E-state index is 12.0. The third kappa shape index (κ3) is 3.20. The van der Waals surface area contributed by atoms with Gasteiger partial charge in [-0.05, 0) is 62.8 Å². The van der Waals surface area contributed by atoms with E-state index in [2.05, 4.69) is 48.8 Å². The number of carbonyl (C=O) groups excluding carboxylic acids is 1. The monoisotopic (exact) mass is 417 g/mol. The zero-order valence-electron chi connectivity index (χ0n) is 9.15. The molecule has 2 aromatic rings. The molecule has 0 bridgehead atoms. The van der Waals surface area contributed by atoms with Crippen molar-refractivity contribution in [1.82, 2.24) is 4.98 Å². The van der Waals surface area contributed by atoms with E-state index in [0.717, 1.165) is 9.26 Å². The number of hydrogen-bond donors (Lipinski definition) is 2. The first-order valence-electron chi connectivity index (χ1n) is 5.04. The molecule has 18 heavy (non-hydrogen) atoms. The molecule has 0 unspecified atom stereocenters. The molecule has 0 saturated heterocycles. The topological polar surface area (TPSA) is 68.0 Å². The third-order valence-electron chi connectivity index (χ3n) is 2.21. The molecule has 3 N–H and O–H groups in total. The Morgan fingerprint density at radius 3 is 2.89 bits per heavy atom. The molecular formula is C12H9BrIN3O. The molecule has 4 nitrogen and oxygen atoms in total. The molecule has 0 spiro atoms. The molecular weight excluding hydrogens is 409 g/mol. The van der Waals surface area contributed by atoms with Gasteiger partial charge in [-0.3, -0.25) is 4.79 Å². The Kier molecular flexibility index (Phi) is 4.18. The number of nitrogens with two attached hydrogens (primary N) is 1. The lowest BCUT2D eigenvalue weighted by Gasteiger charge is -2.07. The van der Waals surface area contributed by atoms with Crippen LogP contribution in [0.1, 0.15) is 10.4 Å². The first-order valence-corrected chi connectivity index (χ1v) is 6.91. The summed E-state index contributed by atoms with van der Waals surface area (Å²) in [4.78, 5) is 16.0. The summed E-state index contributed by atoms with van der Waals surface area (Å²) in [6, 6.07) is 9.17. The number of aromatic nitrogens is 1. The normalized spacial score (nSPS) is 10.1. The molecule has 0 radical (unpaired) electrons. The van der Waals surface area contributed by atoms with Crippen LogP contribution >= 0.6 is 38.5 Å². The second-order valence-corrected chi connectivity index (χ2v) is 5.71. The molecule has 2 rings (SSSR count). The molecule has 0 fully saturated rings. The van der Waals surface area contributed by atoms with Crippen LogP contribution < -0.4 is 11.1 Å². The highest BCUT2D eigenvalue weighted by Crippen LogP contribution is 2.18. The summed E-state index contributed by atoms with van der Waals surface area (Å²) in [5.41, 5.74) is 6.76. The fourth-order valence-corrected chi connectivity index (χ4v) is 2.27. The summed E-state index contributed by atoms with van der Waals surface area (Å²) in [7, 11) is 0. The van der Waals surface area contributed by atoms with Gasteiger partial charge in [-0.1, -0.05) is 6.07 Å². The van der Waals surface area contributed by atoms with Gasteiger partial charge >= 0.3 is 0 Å². The van der Waals surface area contributed by atoms with Gasteiger partial charge in [0, 0.05) is 19.9 Å². The molecule has 92 valence electrons. The van der Waals surface area contributed by atoms with Crippen LogP contribution in [0.25, 0.3) is 0 Å². The summed E-state index contributed by atoms with van der Waals surface area (Å²) < 4.78 is 1.76. The quantitative estimate of drug-likeness (QED) is 0.736. The summed E-state index contributed by atoms with van der Waals surface area (Å²) in [5.74, 6) is -0.0652. The van der Waals surface area contributed by atoms with Gasteiger partial charge in [0.25, 0.3) is 5.91 Å². The van der Waals surface area contributed by atoms with Gasteiger partial charge in [0.15, 0.2) is 0 Å². The Morgan fingerprint density at radius 1 is 1.39 bits per heavy atom. The van der Waals surface area contributed by atoms with E-state index >= 15 is 0 Å². The van der Waals surface area contributed by atoms with Gasteiger partial charge in [-0.25, -0.2) is 4.98 Å². The average molecular weight is 418 g/mol. The summed E-state index contributed by atoms with van der Waals surface area (Å²) in [6.45, 7) is 0. The fraction of sp³-hybridized carbons (Fsp3) is 0. The van der Waals surface area contributed by atoms with Crippen LogP contribution in [0.5, 0.6) is 0 Å². The highest BCUT2D eigenvalue weighted by atomic mass is 127. The van der Waals surface area contributed by atoms with Gasteiger partial charge in [-0.15, -0.1) is 0 Å². The molecule has 0 saturated carbocycles. The zero-order chi connectivity index (χ0) is 13.1. The number of nitrogens with one attached hydrogen (secondary N) is 1. The summed E-state index contributed by atoms with van der Waals surface area (Å²) >= 11 is 5.45. The number of pyridine rings is 1. The number of amides is 1. The molecule has 0 aliphatic heterocycles. The molecule has 0 atom stereocenters. The number of halogens is 2. The van der Waals surface area contributed by atoms with Crippen molar-refractivity contribution in [2.24, 2.45) is 0 Å². The van der Waals surface area contributed by atoms with Crippen molar-refractivity contribution in [3.63, 3.8) is 0 Å². The molecule has 1 aromatic carbocycles. The first kappa shape index (κ1) is 13.3. The Labute approximate surface area is 126 Å². The SMILES string of the molecule is Nc1ncc(Br)cc1C(=O)Nc1cccc(I)c1. The minimum atomic E-state index is -0.275. The minimum Gasteiger partial charge on any atom is -0.383 e. The van der Waals surface area contributed by atoms with E-state index in [1.807, 2.05) is 24.3 Å². The van der Waals surface area contributed by atoms with Crippen LogP contribution in [-0.4, -0.2) is 10.9 Å². The number of carbonyl (C=O) groups is 1. The van der Waals surface area contributed by atoms with Crippen LogP contribution in [-0.2, 0) is 0 Å². The van der Waals surface area contributed by atoms with Gasteiger partial charge in [0.1, 0.15) is 5.82 Å². The van der Waals surface area contributed by atoms with Crippen LogP contribution in [0.15, 0.2) is 41.0 Å². The Bertz CT molecular complexity index is 604. The lowest BCUT2D eigenvalue weighted by atomic mass is 10.2. The standard InChI is InChI=1S/C12H9BrIN3O/c13-7-4-10(11(15)16-6-7)12(18)17-9-3-1-2-8(14)5-9/h1-6H,(H2,15,16)(H,17,18). The van der Waals surface area contributed by atoms with Crippen molar-refractivity contribution in [1.29, 1.82) is 0 Å². The maximum Gasteiger partial charge on any atom is 0.259 e. The number of hydrogen-bond acceptors (Lipinski definition) is 3. The number of nitrogen functional groups attached to an aromatic ring is 1. The van der Waals surface area contributed by atoms with E-state index < -0.39 is 0 Å². The second kappa shape index (κ2) is 5.66.